The maximum absolute atomic E-state index is 6.01. The van der Waals surface area contributed by atoms with Crippen LogP contribution in [0.3, 0.4) is 0 Å². The Balaban J connectivity index is 2.50. The second kappa shape index (κ2) is 4.37. The second-order valence-corrected chi connectivity index (χ2v) is 4.29. The van der Waals surface area contributed by atoms with E-state index in [1.165, 1.54) is 0 Å². The Morgan fingerprint density at radius 1 is 0.882 bits per heavy atom. The van der Waals surface area contributed by atoms with E-state index in [4.69, 9.17) is 11.5 Å². The van der Waals surface area contributed by atoms with Crippen LogP contribution in [0.2, 0.25) is 0 Å². The van der Waals surface area contributed by atoms with Gasteiger partial charge in [0, 0.05) is 36.7 Å². The molecule has 0 atom stereocenters. The van der Waals surface area contributed by atoms with Gasteiger partial charge >= 0.3 is 0 Å². The number of anilines is 3. The zero-order valence-electron chi connectivity index (χ0n) is 10.1. The standard InChI is InChI=1S/C14H17N3/c1-17(2)12-7-8-14(16)13(9-12)10-3-5-11(15)6-4-10/h3-9H,15-16H2,1-2H3. The van der Waals surface area contributed by atoms with Gasteiger partial charge < -0.3 is 16.4 Å². The van der Waals surface area contributed by atoms with Crippen LogP contribution in [0.4, 0.5) is 17.1 Å². The normalized spacial score (nSPS) is 10.2. The van der Waals surface area contributed by atoms with Gasteiger partial charge in [-0.15, -0.1) is 0 Å². The van der Waals surface area contributed by atoms with Crippen LogP contribution >= 0.6 is 0 Å². The number of nitrogens with two attached hydrogens (primary N) is 2. The largest absolute Gasteiger partial charge is 0.399 e. The predicted octanol–water partition coefficient (Wildman–Crippen LogP) is 2.58. The molecule has 4 N–H and O–H groups in total. The molecule has 88 valence electrons. The van der Waals surface area contributed by atoms with E-state index in [-0.39, 0.29) is 0 Å². The van der Waals surface area contributed by atoms with Crippen molar-refractivity contribution in [1.29, 1.82) is 0 Å². The van der Waals surface area contributed by atoms with Crippen molar-refractivity contribution in [3.8, 4) is 11.1 Å². The van der Waals surface area contributed by atoms with Gasteiger partial charge in [0.2, 0.25) is 0 Å². The average molecular weight is 227 g/mol. The van der Waals surface area contributed by atoms with Crippen LogP contribution in [0.25, 0.3) is 11.1 Å². The fraction of sp³-hybridized carbons (Fsp3) is 0.143. The number of hydrogen-bond donors (Lipinski definition) is 2. The lowest BCUT2D eigenvalue weighted by molar-refractivity contribution is 1.13. The summed E-state index contributed by atoms with van der Waals surface area (Å²) < 4.78 is 0. The molecule has 0 aliphatic rings. The minimum absolute atomic E-state index is 0.760. The van der Waals surface area contributed by atoms with E-state index in [0.717, 1.165) is 28.2 Å². The zero-order valence-corrected chi connectivity index (χ0v) is 10.1. The maximum Gasteiger partial charge on any atom is 0.0395 e. The predicted molar refractivity (Wildman–Crippen MR) is 75.0 cm³/mol. The summed E-state index contributed by atoms with van der Waals surface area (Å²) in [5.74, 6) is 0. The summed E-state index contributed by atoms with van der Waals surface area (Å²) in [5, 5.41) is 0. The number of nitrogens with zero attached hydrogens (tertiary/aromatic N) is 1. The van der Waals surface area contributed by atoms with Crippen molar-refractivity contribution >= 4 is 17.1 Å². The van der Waals surface area contributed by atoms with Crippen LogP contribution in [-0.2, 0) is 0 Å². The van der Waals surface area contributed by atoms with Gasteiger partial charge in [-0.05, 0) is 35.9 Å². The van der Waals surface area contributed by atoms with Crippen molar-refractivity contribution in [2.75, 3.05) is 30.5 Å². The molecule has 3 nitrogen and oxygen atoms in total. The van der Waals surface area contributed by atoms with Crippen LogP contribution in [0.5, 0.6) is 0 Å². The molecule has 2 rings (SSSR count). The molecule has 17 heavy (non-hydrogen) atoms. The first-order chi connectivity index (χ1) is 8.08. The van der Waals surface area contributed by atoms with Gasteiger partial charge in [0.05, 0.1) is 0 Å². The lowest BCUT2D eigenvalue weighted by Gasteiger charge is -2.15. The fourth-order valence-electron chi connectivity index (χ4n) is 1.74. The zero-order chi connectivity index (χ0) is 12.4. The van der Waals surface area contributed by atoms with E-state index in [1.807, 2.05) is 50.5 Å². The minimum atomic E-state index is 0.760. The molecular formula is C14H17N3. The van der Waals surface area contributed by atoms with E-state index in [2.05, 4.69) is 11.0 Å². The van der Waals surface area contributed by atoms with Gasteiger partial charge in [-0.1, -0.05) is 12.1 Å². The van der Waals surface area contributed by atoms with Crippen LogP contribution in [0, 0.1) is 0 Å². The highest BCUT2D eigenvalue weighted by Gasteiger charge is 2.05. The van der Waals surface area contributed by atoms with Crippen molar-refractivity contribution in [2.24, 2.45) is 0 Å². The van der Waals surface area contributed by atoms with Crippen molar-refractivity contribution in [1.82, 2.24) is 0 Å². The topological polar surface area (TPSA) is 55.3 Å². The lowest BCUT2D eigenvalue weighted by atomic mass is 10.0. The first-order valence-electron chi connectivity index (χ1n) is 5.50. The molecule has 0 saturated carbocycles. The number of nitrogen functional groups attached to an aromatic ring is 2. The Morgan fingerprint density at radius 2 is 1.53 bits per heavy atom. The quantitative estimate of drug-likeness (QED) is 0.775. The SMILES string of the molecule is CN(C)c1ccc(N)c(-c2ccc(N)cc2)c1. The molecule has 0 aliphatic heterocycles. The second-order valence-electron chi connectivity index (χ2n) is 4.29. The molecule has 0 aromatic heterocycles. The van der Waals surface area contributed by atoms with Gasteiger partial charge in [0.15, 0.2) is 0 Å². The Morgan fingerprint density at radius 3 is 2.12 bits per heavy atom. The van der Waals surface area contributed by atoms with Crippen molar-refractivity contribution in [3.05, 3.63) is 42.5 Å². The van der Waals surface area contributed by atoms with E-state index in [0.29, 0.717) is 0 Å². The number of rotatable bonds is 2. The average Bonchev–Trinajstić information content (AvgIpc) is 2.31. The molecule has 0 fully saturated rings. The Labute approximate surface area is 102 Å². The van der Waals surface area contributed by atoms with Crippen molar-refractivity contribution in [3.63, 3.8) is 0 Å². The maximum atomic E-state index is 6.01. The molecule has 0 bridgehead atoms. The van der Waals surface area contributed by atoms with Gasteiger partial charge in [0.1, 0.15) is 0 Å². The molecule has 0 unspecified atom stereocenters. The summed E-state index contributed by atoms with van der Waals surface area (Å²) in [6, 6.07) is 13.8. The lowest BCUT2D eigenvalue weighted by Crippen LogP contribution is -2.08. The first kappa shape index (κ1) is 11.3. The Kier molecular flexibility index (Phi) is 2.91. The third kappa shape index (κ3) is 2.33. The molecule has 3 heteroatoms. The highest BCUT2D eigenvalue weighted by molar-refractivity contribution is 5.80. The molecule has 0 saturated heterocycles. The van der Waals surface area contributed by atoms with Crippen LogP contribution in [-0.4, -0.2) is 14.1 Å². The highest BCUT2D eigenvalue weighted by Crippen LogP contribution is 2.30. The van der Waals surface area contributed by atoms with Crippen LogP contribution in [0.1, 0.15) is 0 Å². The van der Waals surface area contributed by atoms with Gasteiger partial charge in [-0.3, -0.25) is 0 Å². The molecule has 0 amide bonds. The third-order valence-electron chi connectivity index (χ3n) is 2.77. The molecular weight excluding hydrogens is 210 g/mol. The summed E-state index contributed by atoms with van der Waals surface area (Å²) in [6.45, 7) is 0. The molecule has 2 aromatic carbocycles. The van der Waals surface area contributed by atoms with Gasteiger partial charge in [0.25, 0.3) is 0 Å². The minimum Gasteiger partial charge on any atom is -0.399 e. The molecule has 0 radical (unpaired) electrons. The summed E-state index contributed by atoms with van der Waals surface area (Å²) in [7, 11) is 4.02. The Hall–Kier alpha value is -2.16. The van der Waals surface area contributed by atoms with E-state index in [1.54, 1.807) is 0 Å². The summed E-state index contributed by atoms with van der Waals surface area (Å²) in [5.41, 5.74) is 16.5. The van der Waals surface area contributed by atoms with E-state index < -0.39 is 0 Å². The van der Waals surface area contributed by atoms with E-state index in [9.17, 15) is 0 Å². The van der Waals surface area contributed by atoms with Gasteiger partial charge in [-0.2, -0.15) is 0 Å². The molecule has 2 aromatic rings. The summed E-state index contributed by atoms with van der Waals surface area (Å²) in [4.78, 5) is 2.06. The van der Waals surface area contributed by atoms with E-state index >= 15 is 0 Å². The third-order valence-corrected chi connectivity index (χ3v) is 2.77. The van der Waals surface area contributed by atoms with Crippen molar-refractivity contribution < 1.29 is 0 Å². The number of benzene rings is 2. The molecule has 0 aliphatic carbocycles. The Bertz CT molecular complexity index is 515. The fourth-order valence-corrected chi connectivity index (χ4v) is 1.74. The first-order valence-corrected chi connectivity index (χ1v) is 5.50. The van der Waals surface area contributed by atoms with Crippen molar-refractivity contribution in [2.45, 2.75) is 0 Å². The summed E-state index contributed by atoms with van der Waals surface area (Å²) >= 11 is 0. The van der Waals surface area contributed by atoms with Gasteiger partial charge in [-0.25, -0.2) is 0 Å². The highest BCUT2D eigenvalue weighted by atomic mass is 15.1. The molecule has 0 heterocycles. The summed E-state index contributed by atoms with van der Waals surface area (Å²) in [6.07, 6.45) is 0. The van der Waals surface area contributed by atoms with Crippen LogP contribution < -0.4 is 16.4 Å². The monoisotopic (exact) mass is 227 g/mol. The van der Waals surface area contributed by atoms with Crippen LogP contribution in [0.15, 0.2) is 42.5 Å². The molecule has 0 spiro atoms. The number of hydrogen-bond acceptors (Lipinski definition) is 3. The smallest absolute Gasteiger partial charge is 0.0395 e.